The maximum atomic E-state index is 12.4. The molecule has 57 heavy (non-hydrogen) atoms. The molecular formula is C52H97NO4. The highest BCUT2D eigenvalue weighted by atomic mass is 16.3. The first-order valence-electron chi connectivity index (χ1n) is 24.9. The van der Waals surface area contributed by atoms with Crippen molar-refractivity contribution in [2.24, 2.45) is 0 Å². The van der Waals surface area contributed by atoms with Gasteiger partial charge in [-0.15, -0.1) is 0 Å². The van der Waals surface area contributed by atoms with Crippen LogP contribution in [0.3, 0.4) is 0 Å². The Morgan fingerprint density at radius 2 is 0.789 bits per heavy atom. The Labute approximate surface area is 355 Å². The van der Waals surface area contributed by atoms with Crippen LogP contribution in [0.5, 0.6) is 0 Å². The zero-order chi connectivity index (χ0) is 41.5. The molecule has 5 heteroatoms. The lowest BCUT2D eigenvalue weighted by Gasteiger charge is -2.21. The van der Waals surface area contributed by atoms with Gasteiger partial charge in [0.2, 0.25) is 5.91 Å². The highest BCUT2D eigenvalue weighted by Crippen LogP contribution is 2.16. The second kappa shape index (κ2) is 47.0. The van der Waals surface area contributed by atoms with Crippen molar-refractivity contribution >= 4 is 5.91 Å². The molecule has 0 rings (SSSR count). The van der Waals surface area contributed by atoms with E-state index < -0.39 is 18.2 Å². The summed E-state index contributed by atoms with van der Waals surface area (Å²) in [5.41, 5.74) is 0. The van der Waals surface area contributed by atoms with E-state index in [0.29, 0.717) is 6.42 Å². The van der Waals surface area contributed by atoms with Crippen LogP contribution in [-0.4, -0.2) is 46.1 Å². The molecule has 0 aromatic carbocycles. The molecule has 3 unspecified atom stereocenters. The Hall–Kier alpha value is -1.69. The number of nitrogens with one attached hydrogen (secondary N) is 1. The molecule has 1 amide bonds. The van der Waals surface area contributed by atoms with Gasteiger partial charge in [-0.25, -0.2) is 0 Å². The summed E-state index contributed by atoms with van der Waals surface area (Å²) >= 11 is 0. The zero-order valence-electron chi connectivity index (χ0n) is 38.0. The van der Waals surface area contributed by atoms with Gasteiger partial charge in [-0.05, 0) is 64.2 Å². The summed E-state index contributed by atoms with van der Waals surface area (Å²) in [7, 11) is 0. The van der Waals surface area contributed by atoms with Crippen molar-refractivity contribution in [2.75, 3.05) is 6.61 Å². The van der Waals surface area contributed by atoms with Crippen LogP contribution in [0.25, 0.3) is 0 Å². The summed E-state index contributed by atoms with van der Waals surface area (Å²) in [5.74, 6) is -0.330. The van der Waals surface area contributed by atoms with Gasteiger partial charge in [-0.2, -0.15) is 0 Å². The van der Waals surface area contributed by atoms with Crippen LogP contribution in [0.4, 0.5) is 0 Å². The van der Waals surface area contributed by atoms with Gasteiger partial charge in [-0.1, -0.05) is 229 Å². The van der Waals surface area contributed by atoms with Crippen molar-refractivity contribution in [3.63, 3.8) is 0 Å². The fourth-order valence-corrected chi connectivity index (χ4v) is 7.49. The SMILES string of the molecule is CCC/C=C/CC/C=C/CC/C=C/C(O)C(CO)NC(=O)CC(O)CCCCCCCCCCCCCCCCC/C=C\CCCCCCCCCCCCCC. The molecule has 4 N–H and O–H groups in total. The van der Waals surface area contributed by atoms with Gasteiger partial charge in [0.25, 0.3) is 0 Å². The van der Waals surface area contributed by atoms with Gasteiger partial charge >= 0.3 is 0 Å². The summed E-state index contributed by atoms with van der Waals surface area (Å²) < 4.78 is 0. The van der Waals surface area contributed by atoms with Gasteiger partial charge in [0.05, 0.1) is 31.3 Å². The summed E-state index contributed by atoms with van der Waals surface area (Å²) in [6, 6.07) is -0.766. The van der Waals surface area contributed by atoms with E-state index in [1.807, 2.05) is 6.08 Å². The van der Waals surface area contributed by atoms with E-state index in [9.17, 15) is 20.1 Å². The molecule has 0 radical (unpaired) electrons. The molecule has 3 atom stereocenters. The van der Waals surface area contributed by atoms with Gasteiger partial charge in [0, 0.05) is 0 Å². The van der Waals surface area contributed by atoms with Crippen LogP contribution in [0.15, 0.2) is 48.6 Å². The molecular weight excluding hydrogens is 703 g/mol. The van der Waals surface area contributed by atoms with E-state index in [1.165, 1.54) is 180 Å². The lowest BCUT2D eigenvalue weighted by Crippen LogP contribution is -2.45. The van der Waals surface area contributed by atoms with E-state index in [2.05, 4.69) is 55.6 Å². The minimum atomic E-state index is -0.958. The fourth-order valence-electron chi connectivity index (χ4n) is 7.49. The van der Waals surface area contributed by atoms with Gasteiger partial charge < -0.3 is 20.6 Å². The summed E-state index contributed by atoms with van der Waals surface area (Å²) in [4.78, 5) is 12.4. The summed E-state index contributed by atoms with van der Waals surface area (Å²) in [5, 5.41) is 33.1. The highest BCUT2D eigenvalue weighted by Gasteiger charge is 2.20. The van der Waals surface area contributed by atoms with Crippen LogP contribution >= 0.6 is 0 Å². The van der Waals surface area contributed by atoms with Crippen LogP contribution in [-0.2, 0) is 4.79 Å². The monoisotopic (exact) mass is 800 g/mol. The molecule has 0 bridgehead atoms. The molecule has 0 heterocycles. The standard InChI is InChI=1S/C52H97NO4/c1-3-5-7-9-11-13-15-16-17-18-19-20-21-22-23-24-25-26-27-28-29-30-31-32-33-34-36-37-39-41-43-45-49(55)47-52(57)53-50(48-54)51(56)46-44-42-40-38-35-14-12-10-8-6-4-2/h8,10,22-23,35,38,44,46,49-51,54-56H,3-7,9,11-21,24-34,36-37,39-43,45,47-48H2,1-2H3,(H,53,57)/b10-8+,23-22-,38-35+,46-44+. The molecule has 0 aromatic rings. The minimum absolute atomic E-state index is 0.00253. The molecule has 0 fully saturated rings. The topological polar surface area (TPSA) is 89.8 Å². The van der Waals surface area contributed by atoms with Gasteiger partial charge in [0.1, 0.15) is 0 Å². The molecule has 0 aromatic heterocycles. The third kappa shape index (κ3) is 43.7. The number of carbonyl (C=O) groups is 1. The average molecular weight is 800 g/mol. The number of aliphatic hydroxyl groups is 3. The lowest BCUT2D eigenvalue weighted by atomic mass is 10.0. The van der Waals surface area contributed by atoms with E-state index in [1.54, 1.807) is 6.08 Å². The second-order valence-electron chi connectivity index (χ2n) is 17.0. The zero-order valence-corrected chi connectivity index (χ0v) is 38.0. The van der Waals surface area contributed by atoms with Crippen LogP contribution < -0.4 is 5.32 Å². The fraction of sp³-hybridized carbons (Fsp3) is 0.827. The normalized spacial score (nSPS) is 13.8. The number of carbonyl (C=O) groups excluding carboxylic acids is 1. The van der Waals surface area contributed by atoms with E-state index >= 15 is 0 Å². The maximum absolute atomic E-state index is 12.4. The Balaban J connectivity index is 3.52. The van der Waals surface area contributed by atoms with Crippen molar-refractivity contribution in [1.82, 2.24) is 5.32 Å². The maximum Gasteiger partial charge on any atom is 0.222 e. The predicted octanol–water partition coefficient (Wildman–Crippen LogP) is 14.9. The van der Waals surface area contributed by atoms with Gasteiger partial charge in [0.15, 0.2) is 0 Å². The molecule has 0 aliphatic rings. The quantitative estimate of drug-likeness (QED) is 0.0365. The average Bonchev–Trinajstić information content (AvgIpc) is 3.20. The van der Waals surface area contributed by atoms with Gasteiger partial charge in [-0.3, -0.25) is 4.79 Å². The third-order valence-electron chi connectivity index (χ3n) is 11.3. The third-order valence-corrected chi connectivity index (χ3v) is 11.3. The largest absolute Gasteiger partial charge is 0.394 e. The molecule has 0 spiro atoms. The summed E-state index contributed by atoms with van der Waals surface area (Å²) in [6.45, 7) is 4.13. The molecule has 334 valence electrons. The van der Waals surface area contributed by atoms with Crippen molar-refractivity contribution in [3.05, 3.63) is 48.6 Å². The van der Waals surface area contributed by atoms with Crippen LogP contribution in [0.2, 0.25) is 0 Å². The Kier molecular flexibility index (Phi) is 45.6. The second-order valence-corrected chi connectivity index (χ2v) is 17.0. The smallest absolute Gasteiger partial charge is 0.222 e. The number of hydrogen-bond acceptors (Lipinski definition) is 4. The first-order valence-corrected chi connectivity index (χ1v) is 24.9. The van der Waals surface area contributed by atoms with Crippen LogP contribution in [0.1, 0.15) is 251 Å². The first kappa shape index (κ1) is 55.3. The molecule has 0 saturated heterocycles. The van der Waals surface area contributed by atoms with Crippen molar-refractivity contribution in [2.45, 2.75) is 270 Å². The number of rotatable bonds is 45. The van der Waals surface area contributed by atoms with Crippen molar-refractivity contribution < 1.29 is 20.1 Å². The summed E-state index contributed by atoms with van der Waals surface area (Å²) in [6.07, 6.45) is 61.6. The van der Waals surface area contributed by atoms with E-state index in [4.69, 9.17) is 0 Å². The first-order chi connectivity index (χ1) is 28.0. The van der Waals surface area contributed by atoms with Crippen LogP contribution in [0, 0.1) is 0 Å². The molecule has 0 aliphatic carbocycles. The van der Waals surface area contributed by atoms with Crippen molar-refractivity contribution in [3.8, 4) is 0 Å². The number of allylic oxidation sites excluding steroid dienone is 7. The number of hydrogen-bond donors (Lipinski definition) is 4. The van der Waals surface area contributed by atoms with E-state index in [-0.39, 0.29) is 18.9 Å². The Morgan fingerprint density at radius 3 is 1.19 bits per heavy atom. The minimum Gasteiger partial charge on any atom is -0.394 e. The van der Waals surface area contributed by atoms with E-state index in [0.717, 1.165) is 44.9 Å². The number of unbranched alkanes of at least 4 members (excludes halogenated alkanes) is 30. The highest BCUT2D eigenvalue weighted by molar-refractivity contribution is 5.76. The molecule has 5 nitrogen and oxygen atoms in total. The molecule has 0 aliphatic heterocycles. The van der Waals surface area contributed by atoms with Crippen molar-refractivity contribution in [1.29, 1.82) is 0 Å². The lowest BCUT2D eigenvalue weighted by molar-refractivity contribution is -0.124. The Bertz CT molecular complexity index is 927. The number of aliphatic hydroxyl groups excluding tert-OH is 3. The predicted molar refractivity (Wildman–Crippen MR) is 250 cm³/mol. The number of amides is 1. The Morgan fingerprint density at radius 1 is 0.439 bits per heavy atom. The molecule has 0 saturated carbocycles.